The van der Waals surface area contributed by atoms with Gasteiger partial charge in [-0.05, 0) is 69.6 Å². The van der Waals surface area contributed by atoms with Gasteiger partial charge in [0.1, 0.15) is 5.75 Å². The standard InChI is InChI=1S/C28H23ClO/c1-30-24-15-11-21(12-16-24)27-17-22(19-9-13-23(29)14-10-19)18-28(27)26-8-4-6-20-5-2-3-7-25(20)26/h2-17,27-28H,18H2,1H3/t27-,28+/m1/s1. The van der Waals surface area contributed by atoms with Crippen molar-refractivity contribution in [2.75, 3.05) is 7.11 Å². The van der Waals surface area contributed by atoms with Crippen LogP contribution in [0.1, 0.15) is 34.9 Å². The van der Waals surface area contributed by atoms with Gasteiger partial charge in [0.05, 0.1) is 7.11 Å². The van der Waals surface area contributed by atoms with Crippen molar-refractivity contribution in [1.82, 2.24) is 0 Å². The number of hydrogen-bond acceptors (Lipinski definition) is 1. The van der Waals surface area contributed by atoms with Crippen LogP contribution in [-0.4, -0.2) is 7.11 Å². The molecule has 0 fully saturated rings. The van der Waals surface area contributed by atoms with Crippen molar-refractivity contribution in [2.45, 2.75) is 18.3 Å². The van der Waals surface area contributed by atoms with Crippen LogP contribution in [0.3, 0.4) is 0 Å². The lowest BCUT2D eigenvalue weighted by molar-refractivity contribution is 0.414. The summed E-state index contributed by atoms with van der Waals surface area (Å²) in [5, 5.41) is 3.41. The van der Waals surface area contributed by atoms with Crippen molar-refractivity contribution in [3.63, 3.8) is 0 Å². The van der Waals surface area contributed by atoms with E-state index in [2.05, 4.69) is 84.9 Å². The Morgan fingerprint density at radius 2 is 1.53 bits per heavy atom. The van der Waals surface area contributed by atoms with Gasteiger partial charge in [-0.1, -0.05) is 84.4 Å². The largest absolute Gasteiger partial charge is 0.497 e. The molecule has 0 heterocycles. The number of benzene rings is 4. The van der Waals surface area contributed by atoms with Crippen LogP contribution in [0.4, 0.5) is 0 Å². The molecule has 0 bridgehead atoms. The number of halogens is 1. The Bertz CT molecular complexity index is 1200. The highest BCUT2D eigenvalue weighted by Gasteiger charge is 2.31. The third-order valence-electron chi connectivity index (χ3n) is 6.19. The SMILES string of the molecule is COc1ccc([C@H]2C=C(c3ccc(Cl)cc3)C[C@H]2c2cccc3ccccc23)cc1. The van der Waals surface area contributed by atoms with Crippen molar-refractivity contribution in [3.8, 4) is 5.75 Å². The van der Waals surface area contributed by atoms with Crippen LogP contribution in [0.5, 0.6) is 5.75 Å². The maximum atomic E-state index is 6.13. The lowest BCUT2D eigenvalue weighted by Crippen LogP contribution is -2.06. The molecule has 0 saturated heterocycles. The molecule has 0 amide bonds. The molecule has 30 heavy (non-hydrogen) atoms. The third-order valence-corrected chi connectivity index (χ3v) is 6.44. The van der Waals surface area contributed by atoms with Crippen molar-refractivity contribution >= 4 is 27.9 Å². The maximum absolute atomic E-state index is 6.13. The molecule has 4 aromatic carbocycles. The van der Waals surface area contributed by atoms with Gasteiger partial charge in [-0.15, -0.1) is 0 Å². The molecule has 0 saturated carbocycles. The quantitative estimate of drug-likeness (QED) is 0.332. The van der Waals surface area contributed by atoms with Crippen LogP contribution in [0.2, 0.25) is 5.02 Å². The number of fused-ring (bicyclic) bond motifs is 1. The molecule has 0 N–H and O–H groups in total. The average Bonchev–Trinajstić information content (AvgIpc) is 3.24. The lowest BCUT2D eigenvalue weighted by Gasteiger charge is -2.22. The third kappa shape index (κ3) is 3.51. The highest BCUT2D eigenvalue weighted by Crippen LogP contribution is 2.49. The van der Waals surface area contributed by atoms with E-state index in [1.54, 1.807) is 7.11 Å². The molecular weight excluding hydrogens is 388 g/mol. The van der Waals surface area contributed by atoms with Gasteiger partial charge in [0.2, 0.25) is 0 Å². The summed E-state index contributed by atoms with van der Waals surface area (Å²) in [6.07, 6.45) is 3.45. The Labute approximate surface area is 182 Å². The molecule has 0 radical (unpaired) electrons. The van der Waals surface area contributed by atoms with E-state index in [1.807, 2.05) is 12.1 Å². The van der Waals surface area contributed by atoms with Gasteiger partial charge in [0.25, 0.3) is 0 Å². The van der Waals surface area contributed by atoms with Gasteiger partial charge in [-0.25, -0.2) is 0 Å². The first-order valence-corrected chi connectivity index (χ1v) is 10.7. The summed E-state index contributed by atoms with van der Waals surface area (Å²) in [6.45, 7) is 0. The molecule has 0 spiro atoms. The first-order valence-electron chi connectivity index (χ1n) is 10.3. The minimum atomic E-state index is 0.312. The minimum absolute atomic E-state index is 0.312. The number of methoxy groups -OCH3 is 1. The van der Waals surface area contributed by atoms with Crippen LogP contribution in [0, 0.1) is 0 Å². The van der Waals surface area contributed by atoms with E-state index >= 15 is 0 Å². The molecule has 5 rings (SSSR count). The van der Waals surface area contributed by atoms with Crippen molar-refractivity contribution in [2.24, 2.45) is 0 Å². The van der Waals surface area contributed by atoms with Gasteiger partial charge < -0.3 is 4.74 Å². The van der Waals surface area contributed by atoms with Gasteiger partial charge in [0.15, 0.2) is 0 Å². The Morgan fingerprint density at radius 3 is 2.30 bits per heavy atom. The predicted molar refractivity (Wildman–Crippen MR) is 126 cm³/mol. The Balaban J connectivity index is 1.61. The molecule has 1 aliphatic carbocycles. The Hall–Kier alpha value is -3.03. The molecule has 0 aliphatic heterocycles. The van der Waals surface area contributed by atoms with E-state index in [4.69, 9.17) is 16.3 Å². The van der Waals surface area contributed by atoms with E-state index in [1.165, 1.54) is 33.0 Å². The van der Waals surface area contributed by atoms with Crippen molar-refractivity contribution in [1.29, 1.82) is 0 Å². The van der Waals surface area contributed by atoms with E-state index in [0.717, 1.165) is 17.2 Å². The normalized spacial score (nSPS) is 18.4. The summed E-state index contributed by atoms with van der Waals surface area (Å²) in [6, 6.07) is 32.1. The minimum Gasteiger partial charge on any atom is -0.497 e. The van der Waals surface area contributed by atoms with E-state index < -0.39 is 0 Å². The number of rotatable bonds is 4. The molecule has 2 heteroatoms. The van der Waals surface area contributed by atoms with Gasteiger partial charge in [-0.2, -0.15) is 0 Å². The van der Waals surface area contributed by atoms with Crippen LogP contribution in [0.15, 0.2) is 97.1 Å². The highest BCUT2D eigenvalue weighted by atomic mass is 35.5. The molecule has 4 aromatic rings. The Kier molecular flexibility index (Phi) is 5.06. The number of allylic oxidation sites excluding steroid dienone is 2. The number of hydrogen-bond donors (Lipinski definition) is 0. The molecular formula is C28H23ClO. The molecule has 0 unspecified atom stereocenters. The predicted octanol–water partition coefficient (Wildman–Crippen LogP) is 7.86. The topological polar surface area (TPSA) is 9.23 Å². The second-order valence-electron chi connectivity index (χ2n) is 7.88. The summed E-state index contributed by atoms with van der Waals surface area (Å²) in [7, 11) is 1.71. The van der Waals surface area contributed by atoms with Gasteiger partial charge in [-0.3, -0.25) is 0 Å². The first-order chi connectivity index (χ1) is 14.7. The Morgan fingerprint density at radius 1 is 0.800 bits per heavy atom. The van der Waals surface area contributed by atoms with E-state index in [9.17, 15) is 0 Å². The zero-order chi connectivity index (χ0) is 20.5. The second kappa shape index (κ2) is 8.01. The monoisotopic (exact) mass is 410 g/mol. The molecule has 1 nitrogen and oxygen atoms in total. The van der Waals surface area contributed by atoms with Crippen LogP contribution in [-0.2, 0) is 0 Å². The fourth-order valence-electron chi connectivity index (χ4n) is 4.67. The number of ether oxygens (including phenoxy) is 1. The van der Waals surface area contributed by atoms with Crippen molar-refractivity contribution in [3.05, 3.63) is 119 Å². The highest BCUT2D eigenvalue weighted by molar-refractivity contribution is 6.30. The summed E-state index contributed by atoms with van der Waals surface area (Å²) >= 11 is 6.13. The summed E-state index contributed by atoms with van der Waals surface area (Å²) in [5.74, 6) is 1.59. The zero-order valence-electron chi connectivity index (χ0n) is 16.9. The van der Waals surface area contributed by atoms with Crippen molar-refractivity contribution < 1.29 is 4.74 Å². The van der Waals surface area contributed by atoms with Crippen LogP contribution < -0.4 is 4.74 Å². The zero-order valence-corrected chi connectivity index (χ0v) is 17.6. The average molecular weight is 411 g/mol. The van der Waals surface area contributed by atoms with E-state index in [0.29, 0.717) is 11.8 Å². The fourth-order valence-corrected chi connectivity index (χ4v) is 4.80. The van der Waals surface area contributed by atoms with Crippen LogP contribution in [0.25, 0.3) is 16.3 Å². The molecule has 0 aromatic heterocycles. The summed E-state index contributed by atoms with van der Waals surface area (Å²) in [5.41, 5.74) is 5.36. The summed E-state index contributed by atoms with van der Waals surface area (Å²) in [4.78, 5) is 0. The van der Waals surface area contributed by atoms with Gasteiger partial charge >= 0.3 is 0 Å². The van der Waals surface area contributed by atoms with Gasteiger partial charge in [0, 0.05) is 10.9 Å². The molecule has 2 atom stereocenters. The summed E-state index contributed by atoms with van der Waals surface area (Å²) < 4.78 is 5.37. The van der Waals surface area contributed by atoms with E-state index in [-0.39, 0.29) is 0 Å². The second-order valence-corrected chi connectivity index (χ2v) is 8.31. The smallest absolute Gasteiger partial charge is 0.118 e. The molecule has 148 valence electrons. The molecule has 1 aliphatic rings. The van der Waals surface area contributed by atoms with Crippen LogP contribution >= 0.6 is 11.6 Å². The fraction of sp³-hybridized carbons (Fsp3) is 0.143. The lowest BCUT2D eigenvalue weighted by atomic mass is 9.81. The first kappa shape index (κ1) is 19.0. The maximum Gasteiger partial charge on any atom is 0.118 e.